The summed E-state index contributed by atoms with van der Waals surface area (Å²) in [7, 11) is 0. The first kappa shape index (κ1) is 18.6. The molecule has 0 amide bonds. The van der Waals surface area contributed by atoms with Crippen LogP contribution in [-0.2, 0) is 0 Å². The van der Waals surface area contributed by atoms with Crippen LogP contribution in [0, 0.1) is 17.6 Å². The second-order valence-electron chi connectivity index (χ2n) is 7.13. The molecule has 1 unspecified atom stereocenters. The molecule has 0 aliphatic carbocycles. The third kappa shape index (κ3) is 3.49. The molecule has 1 N–H and O–H groups in total. The maximum Gasteiger partial charge on any atom is 0.183 e. The molecule has 1 aromatic carbocycles. The second-order valence-corrected chi connectivity index (χ2v) is 8.16. The summed E-state index contributed by atoms with van der Waals surface area (Å²) in [6, 6.07) is 5.78. The average molecular weight is 398 g/mol. The van der Waals surface area contributed by atoms with Gasteiger partial charge in [0.1, 0.15) is 17.3 Å². The van der Waals surface area contributed by atoms with Gasteiger partial charge in [0.25, 0.3) is 0 Å². The highest BCUT2D eigenvalue weighted by molar-refractivity contribution is 7.18. The summed E-state index contributed by atoms with van der Waals surface area (Å²) in [4.78, 5) is 9.76. The number of nitrogens with zero attached hydrogens (tertiary/aromatic N) is 3. The smallest absolute Gasteiger partial charge is 0.183 e. The highest BCUT2D eigenvalue weighted by Crippen LogP contribution is 2.35. The molecule has 0 aliphatic rings. The molecular formula is C21H20F2N4S. The van der Waals surface area contributed by atoms with E-state index >= 15 is 0 Å². The van der Waals surface area contributed by atoms with Gasteiger partial charge >= 0.3 is 0 Å². The maximum atomic E-state index is 14.4. The molecule has 144 valence electrons. The van der Waals surface area contributed by atoms with Crippen molar-refractivity contribution in [2.75, 3.05) is 5.32 Å². The van der Waals surface area contributed by atoms with Gasteiger partial charge in [0.15, 0.2) is 5.13 Å². The lowest BCUT2D eigenvalue weighted by Crippen LogP contribution is -2.21. The summed E-state index contributed by atoms with van der Waals surface area (Å²) < 4.78 is 29.6. The van der Waals surface area contributed by atoms with E-state index in [1.54, 1.807) is 17.5 Å². The number of thiazole rings is 1. The van der Waals surface area contributed by atoms with Crippen LogP contribution in [0.2, 0.25) is 0 Å². The number of fused-ring (bicyclic) bond motifs is 1. The third-order valence-corrected chi connectivity index (χ3v) is 5.83. The Labute approximate surface area is 165 Å². The monoisotopic (exact) mass is 398 g/mol. The zero-order chi connectivity index (χ0) is 19.8. The van der Waals surface area contributed by atoms with Gasteiger partial charge in [0.2, 0.25) is 0 Å². The molecule has 1 atom stereocenters. The van der Waals surface area contributed by atoms with Gasteiger partial charge in [-0.1, -0.05) is 25.2 Å². The van der Waals surface area contributed by atoms with Crippen molar-refractivity contribution < 1.29 is 8.78 Å². The minimum Gasteiger partial charge on any atom is -0.359 e. The van der Waals surface area contributed by atoms with Crippen molar-refractivity contribution in [2.24, 2.45) is 5.92 Å². The van der Waals surface area contributed by atoms with Gasteiger partial charge in [0, 0.05) is 53.6 Å². The molecule has 0 saturated heterocycles. The Morgan fingerprint density at radius 1 is 1.07 bits per heavy atom. The Bertz CT molecular complexity index is 1130. The SMILES string of the molecule is CC(C)C(C)Nc1ncc(-c2cc(-c3ccc(F)cc3F)c3nccn3c2)s1. The minimum atomic E-state index is -0.612. The van der Waals surface area contributed by atoms with Crippen LogP contribution in [0.25, 0.3) is 27.2 Å². The fourth-order valence-electron chi connectivity index (χ4n) is 2.91. The second kappa shape index (κ2) is 7.31. The minimum absolute atomic E-state index is 0.305. The van der Waals surface area contributed by atoms with E-state index < -0.39 is 11.6 Å². The van der Waals surface area contributed by atoms with E-state index in [0.29, 0.717) is 28.7 Å². The molecule has 0 fully saturated rings. The maximum absolute atomic E-state index is 14.4. The highest BCUT2D eigenvalue weighted by atomic mass is 32.1. The first-order valence-electron chi connectivity index (χ1n) is 9.07. The van der Waals surface area contributed by atoms with Crippen molar-refractivity contribution >= 4 is 22.1 Å². The number of pyridine rings is 1. The Hall–Kier alpha value is -2.80. The molecule has 4 nitrogen and oxygen atoms in total. The van der Waals surface area contributed by atoms with E-state index in [9.17, 15) is 8.78 Å². The van der Waals surface area contributed by atoms with Crippen LogP contribution in [0.4, 0.5) is 13.9 Å². The zero-order valence-corrected chi connectivity index (χ0v) is 16.6. The molecule has 0 spiro atoms. The van der Waals surface area contributed by atoms with E-state index in [0.717, 1.165) is 21.6 Å². The van der Waals surface area contributed by atoms with E-state index in [2.05, 4.69) is 36.1 Å². The lowest BCUT2D eigenvalue weighted by molar-refractivity contribution is 0.559. The molecular weight excluding hydrogens is 378 g/mol. The van der Waals surface area contributed by atoms with E-state index in [-0.39, 0.29) is 0 Å². The number of imidazole rings is 1. The lowest BCUT2D eigenvalue weighted by atomic mass is 10.0. The first-order chi connectivity index (χ1) is 13.4. The molecule has 3 heterocycles. The molecule has 28 heavy (non-hydrogen) atoms. The van der Waals surface area contributed by atoms with Crippen molar-refractivity contribution in [3.63, 3.8) is 0 Å². The Kier molecular flexibility index (Phi) is 4.85. The number of hydrogen-bond donors (Lipinski definition) is 1. The fraction of sp³-hybridized carbons (Fsp3) is 0.238. The van der Waals surface area contributed by atoms with Crippen LogP contribution in [0.5, 0.6) is 0 Å². The first-order valence-corrected chi connectivity index (χ1v) is 9.89. The quantitative estimate of drug-likeness (QED) is 0.458. The van der Waals surface area contributed by atoms with Gasteiger partial charge in [-0.25, -0.2) is 18.7 Å². The van der Waals surface area contributed by atoms with Crippen molar-refractivity contribution in [1.29, 1.82) is 0 Å². The van der Waals surface area contributed by atoms with E-state index in [4.69, 9.17) is 0 Å². The van der Waals surface area contributed by atoms with Crippen molar-refractivity contribution in [3.05, 3.63) is 60.7 Å². The number of nitrogens with one attached hydrogen (secondary N) is 1. The lowest BCUT2D eigenvalue weighted by Gasteiger charge is -2.16. The van der Waals surface area contributed by atoms with Crippen molar-refractivity contribution in [3.8, 4) is 21.6 Å². The summed E-state index contributed by atoms with van der Waals surface area (Å²) >= 11 is 1.54. The molecule has 0 saturated carbocycles. The van der Waals surface area contributed by atoms with Crippen molar-refractivity contribution in [1.82, 2.24) is 14.4 Å². The van der Waals surface area contributed by atoms with Gasteiger partial charge in [-0.2, -0.15) is 0 Å². The van der Waals surface area contributed by atoms with Gasteiger partial charge < -0.3 is 9.72 Å². The van der Waals surface area contributed by atoms with Gasteiger partial charge in [-0.15, -0.1) is 0 Å². The number of hydrogen-bond acceptors (Lipinski definition) is 4. The van der Waals surface area contributed by atoms with Gasteiger partial charge in [-0.3, -0.25) is 0 Å². The van der Waals surface area contributed by atoms with Gasteiger partial charge in [0.05, 0.1) is 4.88 Å². The summed E-state index contributed by atoms with van der Waals surface area (Å²) in [5, 5.41) is 4.26. The summed E-state index contributed by atoms with van der Waals surface area (Å²) in [5.41, 5.74) is 2.44. The number of rotatable bonds is 5. The van der Waals surface area contributed by atoms with Crippen molar-refractivity contribution in [2.45, 2.75) is 26.8 Å². The molecule has 0 bridgehead atoms. The normalized spacial score (nSPS) is 12.6. The number of benzene rings is 1. The average Bonchev–Trinajstić information content (AvgIpc) is 3.30. The van der Waals surface area contributed by atoms with E-state index in [1.165, 1.54) is 12.1 Å². The molecule has 7 heteroatoms. The molecule has 4 rings (SSSR count). The molecule has 0 radical (unpaired) electrons. The number of anilines is 1. The topological polar surface area (TPSA) is 42.2 Å². The largest absolute Gasteiger partial charge is 0.359 e. The van der Waals surface area contributed by atoms with Crippen LogP contribution >= 0.6 is 11.3 Å². The molecule has 3 aromatic heterocycles. The predicted molar refractivity (Wildman–Crippen MR) is 110 cm³/mol. The molecule has 4 aromatic rings. The van der Waals surface area contributed by atoms with Crippen LogP contribution < -0.4 is 5.32 Å². The van der Waals surface area contributed by atoms with Gasteiger partial charge in [-0.05, 0) is 31.0 Å². The van der Waals surface area contributed by atoms with E-state index in [1.807, 2.05) is 29.1 Å². The van der Waals surface area contributed by atoms with Crippen LogP contribution in [-0.4, -0.2) is 20.4 Å². The summed E-state index contributed by atoms with van der Waals surface area (Å²) in [6.45, 7) is 6.43. The third-order valence-electron chi connectivity index (χ3n) is 4.85. The number of halogens is 2. The summed E-state index contributed by atoms with van der Waals surface area (Å²) in [6.07, 6.45) is 7.22. The Morgan fingerprint density at radius 2 is 1.89 bits per heavy atom. The standard InChI is InChI=1S/C21H20F2N4S/c1-12(2)13(3)26-21-25-10-19(28-21)14-8-17(20-24-6-7-27(20)11-14)16-5-4-15(22)9-18(16)23/h4-13H,1-3H3,(H,25,26). The Morgan fingerprint density at radius 3 is 2.64 bits per heavy atom. The zero-order valence-electron chi connectivity index (χ0n) is 15.8. The predicted octanol–water partition coefficient (Wildman–Crippen LogP) is 5.86. The number of aromatic nitrogens is 3. The van der Waals surface area contributed by atoms with Crippen LogP contribution in [0.15, 0.2) is 49.1 Å². The Balaban J connectivity index is 1.78. The highest BCUT2D eigenvalue weighted by Gasteiger charge is 2.15. The van der Waals surface area contributed by atoms with Crippen LogP contribution in [0.1, 0.15) is 20.8 Å². The molecule has 0 aliphatic heterocycles. The summed E-state index contributed by atoms with van der Waals surface area (Å²) in [5.74, 6) is -0.726. The fourth-order valence-corrected chi connectivity index (χ4v) is 3.80. The van der Waals surface area contributed by atoms with Crippen LogP contribution in [0.3, 0.4) is 0 Å².